The van der Waals surface area contributed by atoms with E-state index in [-0.39, 0.29) is 13.0 Å². The molecule has 0 saturated carbocycles. The van der Waals surface area contributed by atoms with Gasteiger partial charge in [0.15, 0.2) is 0 Å². The SMILES string of the molecule is CN(C1CCN(CC(F)(F)F)C1=O)S(C)(=O)=O. The van der Waals surface area contributed by atoms with E-state index in [1.165, 1.54) is 7.05 Å². The zero-order valence-electron chi connectivity index (χ0n) is 9.36. The third kappa shape index (κ3) is 3.56. The molecule has 100 valence electrons. The molecule has 0 aromatic heterocycles. The van der Waals surface area contributed by atoms with Crippen molar-refractivity contribution in [1.82, 2.24) is 9.21 Å². The third-order valence-electron chi connectivity index (χ3n) is 2.60. The van der Waals surface area contributed by atoms with Crippen molar-refractivity contribution in [3.63, 3.8) is 0 Å². The molecular formula is C8H13F3N2O3S. The Morgan fingerprint density at radius 3 is 2.41 bits per heavy atom. The van der Waals surface area contributed by atoms with Crippen LogP contribution in [0.4, 0.5) is 13.2 Å². The van der Waals surface area contributed by atoms with Gasteiger partial charge in [0.05, 0.1) is 6.26 Å². The van der Waals surface area contributed by atoms with Crippen LogP contribution in [0.25, 0.3) is 0 Å². The summed E-state index contributed by atoms with van der Waals surface area (Å²) in [6.07, 6.45) is -3.47. The Labute approximate surface area is 97.2 Å². The second-order valence-corrected chi connectivity index (χ2v) is 6.00. The van der Waals surface area contributed by atoms with Crippen molar-refractivity contribution in [3.05, 3.63) is 0 Å². The van der Waals surface area contributed by atoms with Crippen molar-refractivity contribution < 1.29 is 26.4 Å². The van der Waals surface area contributed by atoms with Crippen molar-refractivity contribution >= 4 is 15.9 Å². The van der Waals surface area contributed by atoms with Gasteiger partial charge in [-0.1, -0.05) is 0 Å². The number of carbonyl (C=O) groups excluding carboxylic acids is 1. The van der Waals surface area contributed by atoms with Crippen molar-refractivity contribution in [1.29, 1.82) is 0 Å². The maximum absolute atomic E-state index is 12.1. The first-order chi connectivity index (χ1) is 7.52. The summed E-state index contributed by atoms with van der Waals surface area (Å²) in [6, 6.07) is -1.02. The standard InChI is InChI=1S/C8H13F3N2O3S/c1-12(17(2,15)16)6-3-4-13(7(6)14)5-8(9,10)11/h6H,3-5H2,1-2H3. The fourth-order valence-corrected chi connectivity index (χ4v) is 2.32. The van der Waals surface area contributed by atoms with E-state index in [0.717, 1.165) is 10.6 Å². The van der Waals surface area contributed by atoms with Crippen molar-refractivity contribution in [2.24, 2.45) is 0 Å². The number of nitrogens with zero attached hydrogens (tertiary/aromatic N) is 2. The average Bonchev–Trinajstić information content (AvgIpc) is 2.43. The van der Waals surface area contributed by atoms with Crippen LogP contribution in [0.1, 0.15) is 6.42 Å². The van der Waals surface area contributed by atoms with Crippen LogP contribution in [-0.2, 0) is 14.8 Å². The van der Waals surface area contributed by atoms with Gasteiger partial charge in [0, 0.05) is 13.6 Å². The Kier molecular flexibility index (Phi) is 3.72. The molecule has 1 atom stereocenters. The van der Waals surface area contributed by atoms with Gasteiger partial charge in [-0.2, -0.15) is 17.5 Å². The lowest BCUT2D eigenvalue weighted by molar-refractivity contribution is -0.158. The molecule has 17 heavy (non-hydrogen) atoms. The van der Waals surface area contributed by atoms with Gasteiger partial charge in [-0.05, 0) is 6.42 Å². The highest BCUT2D eigenvalue weighted by atomic mass is 32.2. The maximum atomic E-state index is 12.1. The number of amides is 1. The smallest absolute Gasteiger partial charge is 0.332 e. The number of rotatable bonds is 3. The van der Waals surface area contributed by atoms with E-state index in [1.807, 2.05) is 0 Å². The number of alkyl halides is 3. The summed E-state index contributed by atoms with van der Waals surface area (Å²) in [6.45, 7) is -1.41. The zero-order valence-corrected chi connectivity index (χ0v) is 10.2. The molecule has 1 amide bonds. The molecule has 1 fully saturated rings. The van der Waals surface area contributed by atoms with Gasteiger partial charge in [-0.25, -0.2) is 8.42 Å². The Morgan fingerprint density at radius 2 is 2.00 bits per heavy atom. The molecule has 0 N–H and O–H groups in total. The average molecular weight is 274 g/mol. The van der Waals surface area contributed by atoms with Gasteiger partial charge in [0.2, 0.25) is 15.9 Å². The summed E-state index contributed by atoms with van der Waals surface area (Å²) in [5, 5.41) is 0. The minimum absolute atomic E-state index is 0.0805. The Bertz CT molecular complexity index is 407. The summed E-state index contributed by atoms with van der Waals surface area (Å²) >= 11 is 0. The fraction of sp³-hybridized carbons (Fsp3) is 0.875. The van der Waals surface area contributed by atoms with E-state index in [9.17, 15) is 26.4 Å². The molecule has 0 aromatic rings. The Morgan fingerprint density at radius 1 is 1.47 bits per heavy atom. The highest BCUT2D eigenvalue weighted by molar-refractivity contribution is 7.88. The summed E-state index contributed by atoms with van der Waals surface area (Å²) < 4.78 is 59.5. The first-order valence-corrected chi connectivity index (χ1v) is 6.66. The molecule has 0 bridgehead atoms. The van der Waals surface area contributed by atoms with Crippen molar-refractivity contribution in [2.75, 3.05) is 26.4 Å². The van der Waals surface area contributed by atoms with Crippen LogP contribution in [0, 0.1) is 0 Å². The number of likely N-dealkylation sites (N-methyl/N-ethyl adjacent to an activating group) is 1. The molecule has 1 rings (SSSR count). The molecular weight excluding hydrogens is 261 g/mol. The molecule has 1 heterocycles. The number of sulfonamides is 1. The predicted molar refractivity (Wildman–Crippen MR) is 53.6 cm³/mol. The van der Waals surface area contributed by atoms with Crippen molar-refractivity contribution in [3.8, 4) is 0 Å². The van der Waals surface area contributed by atoms with Crippen LogP contribution < -0.4 is 0 Å². The number of halogens is 3. The number of hydrogen-bond donors (Lipinski definition) is 0. The second-order valence-electron chi connectivity index (χ2n) is 3.96. The predicted octanol–water partition coefficient (Wildman–Crippen LogP) is 0.0410. The Hall–Kier alpha value is -0.830. The largest absolute Gasteiger partial charge is 0.406 e. The van der Waals surface area contributed by atoms with E-state index in [0.29, 0.717) is 4.90 Å². The van der Waals surface area contributed by atoms with E-state index in [4.69, 9.17) is 0 Å². The number of carbonyl (C=O) groups is 1. The normalized spacial score (nSPS) is 22.6. The van der Waals surface area contributed by atoms with Gasteiger partial charge in [0.1, 0.15) is 12.6 Å². The maximum Gasteiger partial charge on any atom is 0.406 e. The lowest BCUT2D eigenvalue weighted by Gasteiger charge is -2.22. The molecule has 0 radical (unpaired) electrons. The molecule has 5 nitrogen and oxygen atoms in total. The lowest BCUT2D eigenvalue weighted by atomic mass is 10.2. The van der Waals surface area contributed by atoms with Crippen LogP contribution in [0.3, 0.4) is 0 Å². The van der Waals surface area contributed by atoms with Gasteiger partial charge >= 0.3 is 6.18 Å². The van der Waals surface area contributed by atoms with Gasteiger partial charge < -0.3 is 4.90 Å². The summed E-state index contributed by atoms with van der Waals surface area (Å²) in [7, 11) is -2.39. The zero-order chi connectivity index (χ0) is 13.4. The minimum Gasteiger partial charge on any atom is -0.332 e. The minimum atomic E-state index is -4.46. The second kappa shape index (κ2) is 4.45. The first kappa shape index (κ1) is 14.2. The molecule has 1 aliphatic heterocycles. The van der Waals surface area contributed by atoms with Crippen molar-refractivity contribution in [2.45, 2.75) is 18.6 Å². The van der Waals surface area contributed by atoms with Crippen LogP contribution in [0.2, 0.25) is 0 Å². The molecule has 1 unspecified atom stereocenters. The molecule has 0 aliphatic carbocycles. The Balaban J connectivity index is 2.75. The van der Waals surface area contributed by atoms with Gasteiger partial charge in [0.25, 0.3) is 0 Å². The highest BCUT2D eigenvalue weighted by Gasteiger charge is 2.42. The summed E-state index contributed by atoms with van der Waals surface area (Å²) in [4.78, 5) is 12.2. The molecule has 1 aliphatic rings. The van der Waals surface area contributed by atoms with Crippen LogP contribution in [0.15, 0.2) is 0 Å². The first-order valence-electron chi connectivity index (χ1n) is 4.81. The van der Waals surface area contributed by atoms with Crippen LogP contribution in [0.5, 0.6) is 0 Å². The van der Waals surface area contributed by atoms with E-state index in [1.54, 1.807) is 0 Å². The lowest BCUT2D eigenvalue weighted by Crippen LogP contribution is -2.44. The van der Waals surface area contributed by atoms with E-state index >= 15 is 0 Å². The monoisotopic (exact) mass is 274 g/mol. The highest BCUT2D eigenvalue weighted by Crippen LogP contribution is 2.23. The summed E-state index contributed by atoms with van der Waals surface area (Å²) in [5.41, 5.74) is 0. The summed E-state index contributed by atoms with van der Waals surface area (Å²) in [5.74, 6) is -0.796. The quantitative estimate of drug-likeness (QED) is 0.730. The van der Waals surface area contributed by atoms with E-state index in [2.05, 4.69) is 0 Å². The molecule has 0 aromatic carbocycles. The molecule has 1 saturated heterocycles. The fourth-order valence-electron chi connectivity index (χ4n) is 1.66. The number of hydrogen-bond acceptors (Lipinski definition) is 3. The van der Waals surface area contributed by atoms with Crippen LogP contribution in [-0.4, -0.2) is 62.1 Å². The van der Waals surface area contributed by atoms with Gasteiger partial charge in [-0.15, -0.1) is 0 Å². The molecule has 9 heteroatoms. The topological polar surface area (TPSA) is 57.7 Å². The van der Waals surface area contributed by atoms with E-state index < -0.39 is 34.7 Å². The van der Waals surface area contributed by atoms with Gasteiger partial charge in [-0.3, -0.25) is 4.79 Å². The molecule has 0 spiro atoms. The number of likely N-dealkylation sites (tertiary alicyclic amines) is 1. The van der Waals surface area contributed by atoms with Crippen LogP contribution >= 0.6 is 0 Å². The third-order valence-corrected chi connectivity index (χ3v) is 3.90.